The first kappa shape index (κ1) is 8.40. The van der Waals surface area contributed by atoms with Crippen LogP contribution in [0, 0.1) is 4.84 Å². The molecule has 0 aromatic carbocycles. The monoisotopic (exact) mass is 213 g/mol. The zero-order valence-electron chi connectivity index (χ0n) is 6.32. The third-order valence-electron chi connectivity index (χ3n) is 1.42. The van der Waals surface area contributed by atoms with Crippen molar-refractivity contribution in [1.82, 2.24) is 15.1 Å². The molecule has 0 bridgehead atoms. The summed E-state index contributed by atoms with van der Waals surface area (Å²) >= 11 is 10.6. The summed E-state index contributed by atoms with van der Waals surface area (Å²) < 4.78 is 4.75. The van der Waals surface area contributed by atoms with Crippen molar-refractivity contribution >= 4 is 23.8 Å². The molecule has 2 heterocycles. The number of hydrogen-bond acceptors (Lipinski definition) is 4. The quantitative estimate of drug-likeness (QED) is 0.740. The number of H-pyrrole nitrogens is 1. The van der Waals surface area contributed by atoms with E-state index in [1.165, 1.54) is 0 Å². The average Bonchev–Trinajstić information content (AvgIpc) is 2.53. The summed E-state index contributed by atoms with van der Waals surface area (Å²) in [5.74, 6) is 0.440. The van der Waals surface area contributed by atoms with Crippen molar-refractivity contribution in [3.05, 3.63) is 28.2 Å². The van der Waals surface area contributed by atoms with Gasteiger partial charge in [0.15, 0.2) is 5.82 Å². The predicted molar refractivity (Wildman–Crippen MR) is 49.9 cm³/mol. The molecule has 0 unspecified atom stereocenters. The lowest BCUT2D eigenvalue weighted by Crippen LogP contribution is -1.85. The number of aromatic amines is 1. The number of aromatic nitrogens is 3. The number of nitrogens with one attached hydrogen (secondary N) is 1. The van der Waals surface area contributed by atoms with Crippen LogP contribution in [0.15, 0.2) is 22.9 Å². The van der Waals surface area contributed by atoms with Gasteiger partial charge < -0.3 is 4.52 Å². The summed E-state index contributed by atoms with van der Waals surface area (Å²) in [4.78, 5) is 8.05. The Labute approximate surface area is 83.6 Å². The topological polar surface area (TPSA) is 54.7 Å². The van der Waals surface area contributed by atoms with Crippen molar-refractivity contribution < 1.29 is 4.52 Å². The first-order valence-electron chi connectivity index (χ1n) is 3.44. The Balaban J connectivity index is 2.58. The summed E-state index contributed by atoms with van der Waals surface area (Å²) in [6.07, 6.45) is 1.62. The fourth-order valence-corrected chi connectivity index (χ4v) is 1.23. The van der Waals surface area contributed by atoms with Crippen molar-refractivity contribution in [2.75, 3.05) is 0 Å². The number of halogens is 1. The fraction of sp³-hybridized carbons (Fsp3) is 0. The second kappa shape index (κ2) is 3.27. The normalized spacial score (nSPS) is 10.2. The van der Waals surface area contributed by atoms with Gasteiger partial charge in [-0.05, 0) is 24.4 Å². The van der Waals surface area contributed by atoms with E-state index in [4.69, 9.17) is 28.3 Å². The Morgan fingerprint density at radius 1 is 1.54 bits per heavy atom. The van der Waals surface area contributed by atoms with Crippen LogP contribution in [0.3, 0.4) is 0 Å². The van der Waals surface area contributed by atoms with Gasteiger partial charge in [0.1, 0.15) is 5.69 Å². The van der Waals surface area contributed by atoms with Crippen LogP contribution < -0.4 is 0 Å². The minimum atomic E-state index is 0.136. The molecule has 0 amide bonds. The lowest BCUT2D eigenvalue weighted by Gasteiger charge is -1.95. The van der Waals surface area contributed by atoms with Gasteiger partial charge in [-0.2, -0.15) is 10.1 Å². The first-order valence-corrected chi connectivity index (χ1v) is 4.22. The molecule has 0 atom stereocenters. The van der Waals surface area contributed by atoms with E-state index in [9.17, 15) is 0 Å². The van der Waals surface area contributed by atoms with Gasteiger partial charge in [-0.25, -0.2) is 0 Å². The molecule has 2 rings (SSSR count). The van der Waals surface area contributed by atoms with E-state index in [0.29, 0.717) is 16.5 Å². The zero-order valence-corrected chi connectivity index (χ0v) is 7.89. The molecular formula is C7H4ClN3OS. The van der Waals surface area contributed by atoms with Crippen molar-refractivity contribution in [3.63, 3.8) is 0 Å². The van der Waals surface area contributed by atoms with E-state index in [0.717, 1.165) is 0 Å². The highest BCUT2D eigenvalue weighted by molar-refractivity contribution is 7.71. The van der Waals surface area contributed by atoms with E-state index in [2.05, 4.69) is 15.1 Å². The number of hydrogen-bond donors (Lipinski definition) is 1. The van der Waals surface area contributed by atoms with Crippen LogP contribution in [0.1, 0.15) is 0 Å². The van der Waals surface area contributed by atoms with Crippen LogP contribution in [0.5, 0.6) is 0 Å². The Kier molecular flexibility index (Phi) is 2.12. The van der Waals surface area contributed by atoms with Gasteiger partial charge in [-0.1, -0.05) is 11.6 Å². The third kappa shape index (κ3) is 1.61. The van der Waals surface area contributed by atoms with Crippen LogP contribution in [-0.2, 0) is 0 Å². The predicted octanol–water partition coefficient (Wildman–Crippen LogP) is 2.45. The minimum absolute atomic E-state index is 0.136. The lowest BCUT2D eigenvalue weighted by atomic mass is 10.3. The molecule has 2 aromatic heterocycles. The number of nitrogens with zero attached hydrogens (tertiary/aromatic N) is 2. The van der Waals surface area contributed by atoms with Crippen molar-refractivity contribution in [1.29, 1.82) is 0 Å². The molecule has 0 saturated heterocycles. The van der Waals surface area contributed by atoms with Gasteiger partial charge in [0.05, 0.1) is 5.02 Å². The summed E-state index contributed by atoms with van der Waals surface area (Å²) in [6, 6.07) is 3.45. The Morgan fingerprint density at radius 3 is 3.00 bits per heavy atom. The Morgan fingerprint density at radius 2 is 2.38 bits per heavy atom. The molecule has 1 N–H and O–H groups in total. The Bertz CT molecular complexity index is 478. The Hall–Kier alpha value is -1.20. The zero-order chi connectivity index (χ0) is 9.26. The van der Waals surface area contributed by atoms with E-state index in [1.54, 1.807) is 18.3 Å². The maximum absolute atomic E-state index is 5.87. The van der Waals surface area contributed by atoms with Gasteiger partial charge in [-0.3, -0.25) is 4.98 Å². The molecule has 2 aromatic rings. The number of rotatable bonds is 1. The van der Waals surface area contributed by atoms with E-state index in [-0.39, 0.29) is 4.84 Å². The highest BCUT2D eigenvalue weighted by atomic mass is 35.5. The van der Waals surface area contributed by atoms with Gasteiger partial charge >= 0.3 is 4.84 Å². The summed E-state index contributed by atoms with van der Waals surface area (Å²) in [5.41, 5.74) is 0.531. The molecule has 0 aliphatic carbocycles. The van der Waals surface area contributed by atoms with Gasteiger partial charge in [0.25, 0.3) is 0 Å². The fourth-order valence-electron chi connectivity index (χ4n) is 0.890. The van der Waals surface area contributed by atoms with Crippen LogP contribution in [0.25, 0.3) is 11.5 Å². The summed E-state index contributed by atoms with van der Waals surface area (Å²) in [6.45, 7) is 0. The highest BCUT2D eigenvalue weighted by Gasteiger charge is 2.07. The molecule has 0 saturated carbocycles. The van der Waals surface area contributed by atoms with E-state index < -0.39 is 0 Å². The van der Waals surface area contributed by atoms with Crippen LogP contribution in [0.2, 0.25) is 5.02 Å². The maximum Gasteiger partial charge on any atom is 0.314 e. The van der Waals surface area contributed by atoms with Crippen LogP contribution in [0.4, 0.5) is 0 Å². The number of pyridine rings is 1. The minimum Gasteiger partial charge on any atom is -0.348 e. The molecule has 66 valence electrons. The molecule has 0 aliphatic heterocycles. The second-order valence-corrected chi connectivity index (χ2v) is 3.02. The largest absolute Gasteiger partial charge is 0.348 e. The first-order chi connectivity index (χ1) is 6.27. The molecule has 0 radical (unpaired) electrons. The molecular weight excluding hydrogens is 210 g/mol. The molecule has 0 aliphatic rings. The molecule has 0 fully saturated rings. The average molecular weight is 214 g/mol. The van der Waals surface area contributed by atoms with E-state index in [1.807, 2.05) is 0 Å². The molecule has 0 spiro atoms. The third-order valence-corrected chi connectivity index (χ3v) is 1.90. The SMILES string of the molecule is S=c1nc(-c2ncccc2Cl)[nH]o1. The van der Waals surface area contributed by atoms with Crippen LogP contribution in [-0.4, -0.2) is 15.1 Å². The van der Waals surface area contributed by atoms with Crippen molar-refractivity contribution in [3.8, 4) is 11.5 Å². The molecule has 6 heteroatoms. The summed E-state index contributed by atoms with van der Waals surface area (Å²) in [7, 11) is 0. The van der Waals surface area contributed by atoms with Gasteiger partial charge in [0, 0.05) is 6.20 Å². The van der Waals surface area contributed by atoms with Gasteiger partial charge in [-0.15, -0.1) is 0 Å². The van der Waals surface area contributed by atoms with Crippen molar-refractivity contribution in [2.24, 2.45) is 0 Å². The summed E-state index contributed by atoms with van der Waals surface area (Å²) in [5, 5.41) is 3.03. The van der Waals surface area contributed by atoms with Gasteiger partial charge in [0.2, 0.25) is 0 Å². The second-order valence-electron chi connectivity index (χ2n) is 2.26. The van der Waals surface area contributed by atoms with Crippen LogP contribution >= 0.6 is 23.8 Å². The lowest BCUT2D eigenvalue weighted by molar-refractivity contribution is 0.406. The van der Waals surface area contributed by atoms with Crippen molar-refractivity contribution in [2.45, 2.75) is 0 Å². The molecule has 13 heavy (non-hydrogen) atoms. The highest BCUT2D eigenvalue weighted by Crippen LogP contribution is 2.21. The molecule has 4 nitrogen and oxygen atoms in total. The standard InChI is InChI=1S/C7H4ClN3OS/c8-4-2-1-3-9-5(4)6-10-7(13)12-11-6/h1-3H,(H,10,11,13). The smallest absolute Gasteiger partial charge is 0.314 e. The maximum atomic E-state index is 5.87. The van der Waals surface area contributed by atoms with E-state index >= 15 is 0 Å².